The molecule has 0 aromatic carbocycles. The van der Waals surface area contributed by atoms with Crippen molar-refractivity contribution in [2.24, 2.45) is 0 Å². The molecule has 0 radical (unpaired) electrons. The molecule has 0 aliphatic heterocycles. The van der Waals surface area contributed by atoms with Crippen LogP contribution in [0.5, 0.6) is 0 Å². The summed E-state index contributed by atoms with van der Waals surface area (Å²) in [6.07, 6.45) is 3.63. The van der Waals surface area contributed by atoms with Gasteiger partial charge in [0.1, 0.15) is 17.5 Å². The van der Waals surface area contributed by atoms with Gasteiger partial charge >= 0.3 is 0 Å². The van der Waals surface area contributed by atoms with Crippen molar-refractivity contribution in [3.05, 3.63) is 11.4 Å². The van der Waals surface area contributed by atoms with Crippen molar-refractivity contribution in [1.29, 1.82) is 0 Å². The van der Waals surface area contributed by atoms with Crippen molar-refractivity contribution in [2.45, 2.75) is 72.3 Å². The summed E-state index contributed by atoms with van der Waals surface area (Å²) >= 11 is 0. The van der Waals surface area contributed by atoms with Gasteiger partial charge in [-0.15, -0.1) is 0 Å². The summed E-state index contributed by atoms with van der Waals surface area (Å²) in [5.41, 5.74) is 1.03. The van der Waals surface area contributed by atoms with Gasteiger partial charge in [0.2, 0.25) is 0 Å². The van der Waals surface area contributed by atoms with Gasteiger partial charge in [0.05, 0.1) is 0 Å². The van der Waals surface area contributed by atoms with E-state index in [1.54, 1.807) is 0 Å². The molecular formula is C16H30N4. The minimum absolute atomic E-state index is 0.0532. The number of hydrogen-bond donors (Lipinski definition) is 2. The fourth-order valence-corrected chi connectivity index (χ4v) is 2.05. The highest BCUT2D eigenvalue weighted by molar-refractivity contribution is 5.57. The van der Waals surface area contributed by atoms with Crippen LogP contribution in [0.4, 0.5) is 11.6 Å². The summed E-state index contributed by atoms with van der Waals surface area (Å²) in [5.74, 6) is 2.74. The second-order valence-electron chi connectivity index (χ2n) is 6.56. The number of rotatable bonds is 6. The number of nitrogens with one attached hydrogen (secondary N) is 2. The van der Waals surface area contributed by atoms with Gasteiger partial charge in [-0.3, -0.25) is 0 Å². The fourth-order valence-electron chi connectivity index (χ4n) is 2.05. The molecule has 114 valence electrons. The average molecular weight is 278 g/mol. The SMILES string of the molecule is CCCCC(C)Nc1nc(C(C)(C)C)nc(NC)c1C. The molecule has 0 fully saturated rings. The molecule has 0 saturated carbocycles. The minimum Gasteiger partial charge on any atom is -0.373 e. The van der Waals surface area contributed by atoms with Crippen molar-refractivity contribution < 1.29 is 0 Å². The Morgan fingerprint density at radius 1 is 1.15 bits per heavy atom. The second kappa shape index (κ2) is 6.91. The van der Waals surface area contributed by atoms with Crippen molar-refractivity contribution in [1.82, 2.24) is 9.97 Å². The predicted molar refractivity (Wildman–Crippen MR) is 87.6 cm³/mol. The Labute approximate surface area is 123 Å². The van der Waals surface area contributed by atoms with Crippen LogP contribution < -0.4 is 10.6 Å². The summed E-state index contributed by atoms with van der Waals surface area (Å²) in [5, 5.41) is 6.71. The fraction of sp³-hybridized carbons (Fsp3) is 0.750. The van der Waals surface area contributed by atoms with Gasteiger partial charge in [-0.05, 0) is 20.3 Å². The van der Waals surface area contributed by atoms with E-state index in [0.717, 1.165) is 23.0 Å². The van der Waals surface area contributed by atoms with E-state index in [0.29, 0.717) is 6.04 Å². The van der Waals surface area contributed by atoms with E-state index in [1.165, 1.54) is 19.3 Å². The summed E-state index contributed by atoms with van der Waals surface area (Å²) in [6, 6.07) is 0.432. The van der Waals surface area contributed by atoms with Crippen LogP contribution in [0.3, 0.4) is 0 Å². The van der Waals surface area contributed by atoms with E-state index in [2.05, 4.69) is 57.2 Å². The van der Waals surface area contributed by atoms with Gasteiger partial charge in [-0.1, -0.05) is 40.5 Å². The molecule has 0 bridgehead atoms. The molecule has 1 aromatic rings. The van der Waals surface area contributed by atoms with E-state index in [-0.39, 0.29) is 5.41 Å². The number of aromatic nitrogens is 2. The quantitative estimate of drug-likeness (QED) is 0.822. The van der Waals surface area contributed by atoms with Crippen LogP contribution in [0.1, 0.15) is 65.3 Å². The molecule has 0 aliphatic carbocycles. The summed E-state index contributed by atoms with van der Waals surface area (Å²) in [6.45, 7) is 12.9. The van der Waals surface area contributed by atoms with E-state index in [9.17, 15) is 0 Å². The van der Waals surface area contributed by atoms with E-state index in [4.69, 9.17) is 4.98 Å². The third-order valence-electron chi connectivity index (χ3n) is 3.43. The first-order valence-corrected chi connectivity index (χ1v) is 7.63. The molecule has 2 N–H and O–H groups in total. The standard InChI is InChI=1S/C16H30N4/c1-8-9-10-11(2)18-14-12(3)13(17-7)19-15(20-14)16(4,5)6/h11H,8-10H2,1-7H3,(H2,17,18,19,20). The van der Waals surface area contributed by atoms with Gasteiger partial charge in [-0.25, -0.2) is 9.97 Å². The van der Waals surface area contributed by atoms with Crippen LogP contribution in [-0.4, -0.2) is 23.1 Å². The second-order valence-corrected chi connectivity index (χ2v) is 6.56. The zero-order valence-corrected chi connectivity index (χ0v) is 14.1. The Hall–Kier alpha value is -1.32. The molecule has 1 aromatic heterocycles. The maximum absolute atomic E-state index is 4.74. The van der Waals surface area contributed by atoms with Gasteiger partial charge in [0.15, 0.2) is 0 Å². The zero-order chi connectivity index (χ0) is 15.3. The first kappa shape index (κ1) is 16.7. The molecule has 0 saturated heterocycles. The van der Waals surface area contributed by atoms with Crippen LogP contribution in [-0.2, 0) is 5.41 Å². The maximum Gasteiger partial charge on any atom is 0.138 e. The van der Waals surface area contributed by atoms with Crippen molar-refractivity contribution >= 4 is 11.6 Å². The van der Waals surface area contributed by atoms with Crippen LogP contribution in [0.15, 0.2) is 0 Å². The van der Waals surface area contributed by atoms with Crippen LogP contribution in [0.25, 0.3) is 0 Å². The third kappa shape index (κ3) is 4.36. The highest BCUT2D eigenvalue weighted by atomic mass is 15.1. The van der Waals surface area contributed by atoms with E-state index >= 15 is 0 Å². The Balaban J connectivity index is 3.05. The van der Waals surface area contributed by atoms with Gasteiger partial charge in [0, 0.05) is 24.1 Å². The topological polar surface area (TPSA) is 49.8 Å². The predicted octanol–water partition coefficient (Wildman–Crippen LogP) is 4.11. The minimum atomic E-state index is -0.0532. The summed E-state index contributed by atoms with van der Waals surface area (Å²) in [7, 11) is 1.91. The molecule has 4 nitrogen and oxygen atoms in total. The lowest BCUT2D eigenvalue weighted by molar-refractivity contribution is 0.545. The smallest absolute Gasteiger partial charge is 0.138 e. The van der Waals surface area contributed by atoms with Crippen LogP contribution in [0, 0.1) is 6.92 Å². The average Bonchev–Trinajstić information content (AvgIpc) is 2.37. The maximum atomic E-state index is 4.74. The molecule has 0 spiro atoms. The van der Waals surface area contributed by atoms with E-state index in [1.807, 2.05) is 7.05 Å². The zero-order valence-electron chi connectivity index (χ0n) is 14.1. The highest BCUT2D eigenvalue weighted by Crippen LogP contribution is 2.26. The van der Waals surface area contributed by atoms with Crippen molar-refractivity contribution in [3.63, 3.8) is 0 Å². The lowest BCUT2D eigenvalue weighted by Crippen LogP contribution is -2.22. The molecule has 0 amide bonds. The van der Waals surface area contributed by atoms with Gasteiger partial charge in [0.25, 0.3) is 0 Å². The molecule has 1 heterocycles. The first-order valence-electron chi connectivity index (χ1n) is 7.63. The van der Waals surface area contributed by atoms with Gasteiger partial charge < -0.3 is 10.6 Å². The number of unbranched alkanes of at least 4 members (excludes halogenated alkanes) is 1. The Morgan fingerprint density at radius 2 is 1.75 bits per heavy atom. The molecule has 20 heavy (non-hydrogen) atoms. The monoisotopic (exact) mass is 278 g/mol. The molecular weight excluding hydrogens is 248 g/mol. The summed E-state index contributed by atoms with van der Waals surface area (Å²) in [4.78, 5) is 9.37. The molecule has 1 rings (SSSR count). The van der Waals surface area contributed by atoms with Crippen molar-refractivity contribution in [3.8, 4) is 0 Å². The van der Waals surface area contributed by atoms with Gasteiger partial charge in [-0.2, -0.15) is 0 Å². The lowest BCUT2D eigenvalue weighted by atomic mass is 9.95. The molecule has 1 atom stereocenters. The Bertz CT molecular complexity index is 435. The number of anilines is 2. The normalized spacial score (nSPS) is 13.2. The Kier molecular flexibility index (Phi) is 5.78. The van der Waals surface area contributed by atoms with Crippen LogP contribution in [0.2, 0.25) is 0 Å². The number of nitrogens with zero attached hydrogens (tertiary/aromatic N) is 2. The molecule has 4 heteroatoms. The summed E-state index contributed by atoms with van der Waals surface area (Å²) < 4.78 is 0. The number of hydrogen-bond acceptors (Lipinski definition) is 4. The molecule has 1 unspecified atom stereocenters. The highest BCUT2D eigenvalue weighted by Gasteiger charge is 2.21. The largest absolute Gasteiger partial charge is 0.373 e. The lowest BCUT2D eigenvalue weighted by Gasteiger charge is -2.22. The third-order valence-corrected chi connectivity index (χ3v) is 3.43. The van der Waals surface area contributed by atoms with Crippen molar-refractivity contribution in [2.75, 3.05) is 17.7 Å². The Morgan fingerprint density at radius 3 is 2.25 bits per heavy atom. The molecule has 0 aliphatic rings. The van der Waals surface area contributed by atoms with E-state index < -0.39 is 0 Å². The first-order chi connectivity index (χ1) is 9.29. The van der Waals surface area contributed by atoms with Crippen LogP contribution >= 0.6 is 0 Å².